The Kier molecular flexibility index (Phi) is 28.6. The summed E-state index contributed by atoms with van der Waals surface area (Å²) in [5, 5.41) is 36.1. The van der Waals surface area contributed by atoms with Gasteiger partial charge in [-0.2, -0.15) is 13.0 Å². The highest BCUT2D eigenvalue weighted by Gasteiger charge is 2.45. The first-order chi connectivity index (χ1) is 39.6. The Bertz CT molecular complexity index is 2760. The maximum atomic E-state index is 13.2. The molecule has 5 amide bonds. The monoisotopic (exact) mass is 1230 g/mol. The Labute approximate surface area is 502 Å². The van der Waals surface area contributed by atoms with Gasteiger partial charge in [-0.05, 0) is 127 Å². The number of carbonyl (C=O) groups is 5. The normalized spacial score (nSPS) is 18.1. The number of urea groups is 1. The number of anilines is 1. The van der Waals surface area contributed by atoms with E-state index in [1.165, 1.54) is 12.1 Å². The van der Waals surface area contributed by atoms with Crippen molar-refractivity contribution in [3.8, 4) is 0 Å². The molecule has 2 aromatic carbocycles. The van der Waals surface area contributed by atoms with Crippen LogP contribution in [0.5, 0.6) is 0 Å². The smallest absolute Gasteiger partial charge is 0.317 e. The van der Waals surface area contributed by atoms with Crippen LogP contribution in [0.2, 0.25) is 0 Å². The molecule has 3 aliphatic heterocycles. The van der Waals surface area contributed by atoms with Gasteiger partial charge in [0.05, 0.1) is 34.4 Å². The number of hydrogen-bond acceptors (Lipinski definition) is 17. The molecule has 3 atom stereocenters. The van der Waals surface area contributed by atoms with Gasteiger partial charge < -0.3 is 31.1 Å². The van der Waals surface area contributed by atoms with Crippen LogP contribution < -0.4 is 26.2 Å². The highest BCUT2D eigenvalue weighted by Crippen LogP contribution is 2.49. The number of allylic oxidation sites excluding steroid dienone is 6. The minimum atomic E-state index is -4.44. The first-order valence-electron chi connectivity index (χ1n) is 28.7. The average Bonchev–Trinajstić information content (AvgIpc) is 2.30. The molecule has 0 spiro atoms. The van der Waals surface area contributed by atoms with Gasteiger partial charge in [0.15, 0.2) is 5.71 Å². The van der Waals surface area contributed by atoms with Gasteiger partial charge in [0, 0.05) is 121 Å². The number of carbonyl (C=O) groups excluding carboxylic acids is 5. The van der Waals surface area contributed by atoms with E-state index >= 15 is 0 Å². The molecule has 21 nitrogen and oxygen atoms in total. The molecule has 25 heteroatoms. The SMILES string of the molecule is CCN1\C(=C/C=C/C=C/C2=[N+](CCCCCC(=O)NCCCCC(NC(=O)CCCCCNC(=O)CCCCCC3C(C)NC(=O)N3C)C(=O)SCCSOOO)c3ccc(S(=O)(=O)O)cc3C2(C)C)C(C)(C)c2cc(SOOO)ccc21. The Balaban J connectivity index is 1.05. The van der Waals surface area contributed by atoms with E-state index in [4.69, 9.17) is 10.5 Å². The van der Waals surface area contributed by atoms with Crippen LogP contribution in [0.1, 0.15) is 155 Å². The summed E-state index contributed by atoms with van der Waals surface area (Å²) in [6, 6.07) is 10.2. The van der Waals surface area contributed by atoms with Crippen molar-refractivity contribution in [3.05, 3.63) is 83.6 Å². The fourth-order valence-electron chi connectivity index (χ4n) is 10.9. The summed E-state index contributed by atoms with van der Waals surface area (Å²) in [6.07, 6.45) is 20.4. The molecule has 3 unspecified atom stereocenters. The van der Waals surface area contributed by atoms with E-state index < -0.39 is 21.6 Å². The molecule has 460 valence electrons. The number of amides is 5. The fourth-order valence-corrected chi connectivity index (χ4v) is 13.1. The number of thioether (sulfide) groups is 1. The molecule has 5 rings (SSSR count). The molecule has 3 aliphatic rings. The molecule has 3 heterocycles. The van der Waals surface area contributed by atoms with Crippen molar-refractivity contribution < 1.29 is 70.8 Å². The molecule has 1 saturated heterocycles. The zero-order valence-electron chi connectivity index (χ0n) is 48.9. The number of unbranched alkanes of at least 4 members (excludes halogenated alkanes) is 7. The molecular weight excluding hydrogens is 1150 g/mol. The van der Waals surface area contributed by atoms with Crippen LogP contribution in [0.15, 0.2) is 82.3 Å². The Morgan fingerprint density at radius 2 is 1.46 bits per heavy atom. The van der Waals surface area contributed by atoms with Gasteiger partial charge in [-0.25, -0.2) is 15.3 Å². The second-order valence-electron chi connectivity index (χ2n) is 22.0. The molecule has 1 fully saturated rings. The minimum Gasteiger partial charge on any atom is -0.356 e. The topological polar surface area (TPSA) is 275 Å². The van der Waals surface area contributed by atoms with Crippen LogP contribution in [0.3, 0.4) is 0 Å². The van der Waals surface area contributed by atoms with Crippen molar-refractivity contribution in [1.82, 2.24) is 26.2 Å². The maximum Gasteiger partial charge on any atom is 0.317 e. The summed E-state index contributed by atoms with van der Waals surface area (Å²) in [5.74, 6) is 0.407. The molecule has 0 radical (unpaired) electrons. The summed E-state index contributed by atoms with van der Waals surface area (Å²) in [7, 11) is -2.63. The van der Waals surface area contributed by atoms with Crippen molar-refractivity contribution in [3.63, 3.8) is 0 Å². The third-order valence-corrected chi connectivity index (χ3v) is 18.6. The van der Waals surface area contributed by atoms with Crippen LogP contribution in [0.4, 0.5) is 16.2 Å². The van der Waals surface area contributed by atoms with E-state index in [1.54, 1.807) is 11.0 Å². The number of likely N-dealkylation sites (N-methyl/N-ethyl adjacent to an activating group) is 2. The highest BCUT2D eigenvalue weighted by molar-refractivity contribution is 8.14. The van der Waals surface area contributed by atoms with Crippen LogP contribution in [-0.2, 0) is 58.9 Å². The molecule has 83 heavy (non-hydrogen) atoms. The predicted octanol–water partition coefficient (Wildman–Crippen LogP) is 10.3. The Morgan fingerprint density at radius 3 is 2.11 bits per heavy atom. The maximum absolute atomic E-state index is 13.2. The van der Waals surface area contributed by atoms with Gasteiger partial charge in [-0.15, -0.1) is 8.67 Å². The van der Waals surface area contributed by atoms with Crippen LogP contribution in [0.25, 0.3) is 0 Å². The van der Waals surface area contributed by atoms with Crippen LogP contribution >= 0.6 is 35.8 Å². The van der Waals surface area contributed by atoms with Crippen molar-refractivity contribution >= 4 is 91.9 Å². The Hall–Kier alpha value is -4.80. The fraction of sp³-hybridized carbons (Fsp3) is 0.586. The standard InChI is InChI=1S/C58H85N7O14S4/c1-8-64-48-32-30-42(82-79-77-72)39-44(48)57(3,4)50(64)25-14-10-15-26-51-58(5,6)45-40-43(83(73,74)75)31-33-49(45)65(51)36-22-12-18-28-53(67)60-35-21-19-23-46(55(69)80-37-38-81-78-76-71)62-54(68)29-17-11-20-34-59-52(66)27-16-9-13-24-47-41(2)61-56(70)63(47)7/h10,14-15,25-26,30-33,39-41,46-47H,8-9,11-13,16-24,27-29,34-38H2,1-7H3,(H6-,59,60,61,62,66,67,68,70,71,72,73,74,75)/p+1. The summed E-state index contributed by atoms with van der Waals surface area (Å²) in [5.41, 5.74) is 4.92. The average molecular weight is 1230 g/mol. The van der Waals surface area contributed by atoms with E-state index in [0.29, 0.717) is 76.1 Å². The number of hydrogen-bond donors (Lipinski definition) is 7. The van der Waals surface area contributed by atoms with Gasteiger partial charge in [0.2, 0.25) is 28.5 Å². The quantitative estimate of drug-likeness (QED) is 0.00626. The van der Waals surface area contributed by atoms with E-state index in [0.717, 1.165) is 133 Å². The minimum absolute atomic E-state index is 0.00207. The lowest BCUT2D eigenvalue weighted by atomic mass is 9.81. The van der Waals surface area contributed by atoms with Gasteiger partial charge in [-0.1, -0.05) is 73.2 Å². The first kappa shape index (κ1) is 69.0. The lowest BCUT2D eigenvalue weighted by Crippen LogP contribution is -2.40. The van der Waals surface area contributed by atoms with Crippen LogP contribution in [-0.4, -0.2) is 130 Å². The van der Waals surface area contributed by atoms with Crippen molar-refractivity contribution in [2.45, 2.75) is 183 Å². The largest absolute Gasteiger partial charge is 0.356 e. The molecule has 0 saturated carbocycles. The Morgan fingerprint density at radius 1 is 0.795 bits per heavy atom. The zero-order chi connectivity index (χ0) is 60.6. The lowest BCUT2D eigenvalue weighted by molar-refractivity contribution is -0.438. The second-order valence-corrected chi connectivity index (χ2v) is 26.0. The second kappa shape index (κ2) is 34.4. The number of fused-ring (bicyclic) bond motifs is 2. The molecule has 0 aliphatic carbocycles. The number of nitrogens with one attached hydrogen (secondary N) is 4. The van der Waals surface area contributed by atoms with E-state index in [-0.39, 0.29) is 57.7 Å². The number of rotatable bonds is 38. The number of nitrogens with zero attached hydrogens (tertiary/aromatic N) is 3. The van der Waals surface area contributed by atoms with Crippen molar-refractivity contribution in [2.24, 2.45) is 0 Å². The van der Waals surface area contributed by atoms with Gasteiger partial charge in [0.1, 0.15) is 6.54 Å². The summed E-state index contributed by atoms with van der Waals surface area (Å²) >= 11 is 2.82. The van der Waals surface area contributed by atoms with E-state index in [9.17, 15) is 36.9 Å². The predicted molar refractivity (Wildman–Crippen MR) is 325 cm³/mol. The highest BCUT2D eigenvalue weighted by atomic mass is 32.2. The van der Waals surface area contributed by atoms with Gasteiger partial charge in [0.25, 0.3) is 10.1 Å². The van der Waals surface area contributed by atoms with E-state index in [2.05, 4.69) is 76.3 Å². The van der Waals surface area contributed by atoms with E-state index in [1.807, 2.05) is 70.3 Å². The molecule has 2 aromatic rings. The molecule has 0 aromatic heterocycles. The third-order valence-electron chi connectivity index (χ3n) is 15.4. The van der Waals surface area contributed by atoms with Crippen molar-refractivity contribution in [2.75, 3.05) is 49.6 Å². The lowest BCUT2D eigenvalue weighted by Gasteiger charge is -2.25. The van der Waals surface area contributed by atoms with Crippen molar-refractivity contribution in [1.29, 1.82) is 0 Å². The van der Waals surface area contributed by atoms with Crippen LogP contribution in [0, 0.1) is 0 Å². The molecule has 7 N–H and O–H groups in total. The summed E-state index contributed by atoms with van der Waals surface area (Å²) < 4.78 is 45.7. The zero-order valence-corrected chi connectivity index (χ0v) is 52.2. The summed E-state index contributed by atoms with van der Waals surface area (Å²) in [6.45, 7) is 14.8. The first-order valence-corrected chi connectivity index (χ1v) is 32.7. The molecular formula is C58H86N7O14S4+. The number of benzene rings is 2. The van der Waals surface area contributed by atoms with Gasteiger partial charge >= 0.3 is 6.03 Å². The van der Waals surface area contributed by atoms with Gasteiger partial charge in [-0.3, -0.25) is 23.7 Å². The molecule has 0 bridgehead atoms. The third kappa shape index (κ3) is 20.7. The summed E-state index contributed by atoms with van der Waals surface area (Å²) in [4.78, 5) is 68.0.